The van der Waals surface area contributed by atoms with Gasteiger partial charge in [-0.1, -0.05) is 11.6 Å². The molecule has 0 unspecified atom stereocenters. The summed E-state index contributed by atoms with van der Waals surface area (Å²) in [7, 11) is 8.11. The molecule has 0 N–H and O–H groups in total. The number of aryl methyl sites for hydroxylation is 2. The Kier molecular flexibility index (Phi) is 5.48. The number of rotatable bonds is 2. The summed E-state index contributed by atoms with van der Waals surface area (Å²) in [6.45, 7) is 0. The van der Waals surface area contributed by atoms with Crippen molar-refractivity contribution in [3.63, 3.8) is 0 Å². The molecule has 0 amide bonds. The number of nitrogens with zero attached hydrogens (tertiary/aromatic N) is 4. The van der Waals surface area contributed by atoms with E-state index in [-0.39, 0.29) is 11.3 Å². The monoisotopic (exact) mass is 503 g/mol. The average molecular weight is 504 g/mol. The second kappa shape index (κ2) is 7.16. The fraction of sp³-hybridized carbons (Fsp3) is 0.143. The van der Waals surface area contributed by atoms with Gasteiger partial charge in [0.2, 0.25) is 6.33 Å². The molecule has 0 saturated carbocycles. The van der Waals surface area contributed by atoms with Crippen LogP contribution in [0.1, 0.15) is 0 Å². The topological polar surface area (TPSA) is 26.6 Å². The molecule has 0 radical (unpaired) electrons. The molecule has 2 heterocycles. The predicted octanol–water partition coefficient (Wildman–Crippen LogP) is 2.27. The van der Waals surface area contributed by atoms with Crippen molar-refractivity contribution >= 4 is 9.42 Å². The normalized spacial score (nSPS) is 10.3. The van der Waals surface area contributed by atoms with Gasteiger partial charge in [0, 0.05) is 49.2 Å². The van der Waals surface area contributed by atoms with E-state index in [0.717, 1.165) is 6.07 Å². The van der Waals surface area contributed by atoms with Crippen LogP contribution in [0.25, 0.3) is 17.1 Å². The Morgan fingerprint density at radius 3 is 2.55 bits per heavy atom. The third-order valence-corrected chi connectivity index (χ3v) is 2.95. The van der Waals surface area contributed by atoms with Crippen molar-refractivity contribution in [1.29, 1.82) is 0 Å². The Balaban J connectivity index is 0.000000847. The molecule has 4 nitrogen and oxygen atoms in total. The van der Waals surface area contributed by atoms with Gasteiger partial charge in [0.1, 0.15) is 0 Å². The van der Waals surface area contributed by atoms with E-state index in [0.29, 0.717) is 5.82 Å². The summed E-state index contributed by atoms with van der Waals surface area (Å²) in [5.41, 5.74) is 0.226. The van der Waals surface area contributed by atoms with E-state index in [2.05, 4.69) is 26.8 Å². The summed E-state index contributed by atoms with van der Waals surface area (Å²) in [4.78, 5) is 4.06. The number of hydrogen-bond acceptors (Lipinski definition) is 1. The van der Waals surface area contributed by atoms with Crippen LogP contribution in [0.3, 0.4) is 0 Å². The van der Waals surface area contributed by atoms with Gasteiger partial charge in [0.25, 0.3) is 0 Å². The molecule has 3 rings (SSSR count). The van der Waals surface area contributed by atoms with Gasteiger partial charge in [-0.2, -0.15) is 0 Å². The van der Waals surface area contributed by atoms with Crippen molar-refractivity contribution < 1.29 is 32.1 Å². The molecule has 0 aliphatic carbocycles. The van der Waals surface area contributed by atoms with Crippen LogP contribution in [0.15, 0.2) is 30.9 Å². The summed E-state index contributed by atoms with van der Waals surface area (Å²) in [5, 5.41) is 0. The minimum atomic E-state index is -0.701. The van der Waals surface area contributed by atoms with Crippen molar-refractivity contribution in [2.45, 2.75) is 0 Å². The SMILES string of the molecule is Cn1ccnc1-c1[c-]c(-n2[c-][n+](C)cc2)c(F)cc1F.[Cl][Pt]. The number of hydrogen-bond donors (Lipinski definition) is 0. The molecule has 119 valence electrons. The van der Waals surface area contributed by atoms with Gasteiger partial charge in [-0.25, -0.2) is 0 Å². The zero-order valence-corrected chi connectivity index (χ0v) is 14.7. The zero-order valence-electron chi connectivity index (χ0n) is 11.6. The van der Waals surface area contributed by atoms with E-state index in [1.807, 2.05) is 0 Å². The molecule has 0 atom stereocenters. The van der Waals surface area contributed by atoms with Crippen molar-refractivity contribution in [3.8, 4) is 17.1 Å². The third-order valence-electron chi connectivity index (χ3n) is 2.95. The molecule has 0 saturated heterocycles. The van der Waals surface area contributed by atoms with Crippen LogP contribution < -0.4 is 4.57 Å². The Hall–Kier alpha value is -1.52. The number of benzene rings is 1. The van der Waals surface area contributed by atoms with E-state index in [9.17, 15) is 8.78 Å². The van der Waals surface area contributed by atoms with E-state index >= 15 is 0 Å². The van der Waals surface area contributed by atoms with Crippen LogP contribution in [0.2, 0.25) is 0 Å². The average Bonchev–Trinajstić information content (AvgIpc) is 3.10. The van der Waals surface area contributed by atoms with Gasteiger partial charge in [0.05, 0.1) is 12.9 Å². The fourth-order valence-electron chi connectivity index (χ4n) is 1.96. The Morgan fingerprint density at radius 2 is 2.00 bits per heavy atom. The molecule has 2 aromatic heterocycles. The summed E-state index contributed by atoms with van der Waals surface area (Å²) < 4.78 is 32.6. The van der Waals surface area contributed by atoms with Gasteiger partial charge < -0.3 is 13.7 Å². The van der Waals surface area contributed by atoms with Gasteiger partial charge in [0.15, 0.2) is 0 Å². The first-order valence-electron chi connectivity index (χ1n) is 6.04. The molecule has 0 aliphatic rings. The molecular formula is C14H11ClF2N4Pt-. The van der Waals surface area contributed by atoms with E-state index in [1.54, 1.807) is 66.8 Å². The van der Waals surface area contributed by atoms with E-state index in [1.165, 1.54) is 4.57 Å². The summed E-state index contributed by atoms with van der Waals surface area (Å²) in [6, 6.07) is 3.58. The second-order valence-electron chi connectivity index (χ2n) is 4.43. The van der Waals surface area contributed by atoms with Crippen molar-refractivity contribution in [2.24, 2.45) is 14.1 Å². The molecule has 8 heteroatoms. The molecule has 0 spiro atoms. The zero-order chi connectivity index (χ0) is 16.3. The van der Waals surface area contributed by atoms with Crippen LogP contribution in [-0.4, -0.2) is 14.1 Å². The fourth-order valence-corrected chi connectivity index (χ4v) is 1.96. The summed E-state index contributed by atoms with van der Waals surface area (Å²) >= 11 is 1.61. The number of imidazole rings is 2. The standard InChI is InChI=1S/C14H11F2N4.ClH.Pt/c1-18-5-6-20(9-18)13-7-10(11(15)8-12(13)16)14-17-3-4-19(14)2;;/h3-6,8H,1-2H3;1H;/q-1;;+1/p-1. The Labute approximate surface area is 141 Å². The molecule has 1 aromatic carbocycles. The van der Waals surface area contributed by atoms with Gasteiger partial charge in [-0.15, -0.1) is 6.07 Å². The van der Waals surface area contributed by atoms with Crippen LogP contribution in [0.5, 0.6) is 0 Å². The Morgan fingerprint density at radius 1 is 1.27 bits per heavy atom. The second-order valence-corrected chi connectivity index (χ2v) is 4.43. The molecular weight excluding hydrogens is 493 g/mol. The summed E-state index contributed by atoms with van der Waals surface area (Å²) in [6.07, 6.45) is 9.41. The molecule has 0 fully saturated rings. The maximum atomic E-state index is 13.9. The van der Waals surface area contributed by atoms with E-state index < -0.39 is 11.6 Å². The molecule has 0 bridgehead atoms. The van der Waals surface area contributed by atoms with Crippen molar-refractivity contribution in [3.05, 3.63) is 54.9 Å². The van der Waals surface area contributed by atoms with E-state index in [4.69, 9.17) is 0 Å². The van der Waals surface area contributed by atoms with Gasteiger partial charge >= 0.3 is 28.2 Å². The first-order valence-corrected chi connectivity index (χ1v) is 8.85. The first kappa shape index (κ1) is 16.8. The van der Waals surface area contributed by atoms with Crippen LogP contribution >= 0.6 is 9.42 Å². The quantitative estimate of drug-likeness (QED) is 0.389. The predicted molar refractivity (Wildman–Crippen MR) is 72.6 cm³/mol. The van der Waals surface area contributed by atoms with Crippen molar-refractivity contribution in [1.82, 2.24) is 14.1 Å². The van der Waals surface area contributed by atoms with Crippen LogP contribution in [0.4, 0.5) is 8.78 Å². The van der Waals surface area contributed by atoms with Crippen LogP contribution in [0, 0.1) is 24.0 Å². The van der Waals surface area contributed by atoms with Gasteiger partial charge in [-0.3, -0.25) is 13.8 Å². The maximum absolute atomic E-state index is 13.9. The minimum absolute atomic E-state index is 0.102. The molecule has 0 aliphatic heterocycles. The molecule has 3 aromatic rings. The summed E-state index contributed by atoms with van der Waals surface area (Å²) in [5.74, 6) is -1.01. The van der Waals surface area contributed by atoms with Gasteiger partial charge in [-0.05, 0) is 0 Å². The van der Waals surface area contributed by atoms with Crippen molar-refractivity contribution in [2.75, 3.05) is 0 Å². The number of aromatic nitrogens is 4. The third kappa shape index (κ3) is 3.28. The molecule has 22 heavy (non-hydrogen) atoms. The Bertz CT molecular complexity index is 785. The number of halogens is 3. The first-order chi connectivity index (χ1) is 10.6. The van der Waals surface area contributed by atoms with Crippen LogP contribution in [-0.2, 0) is 32.9 Å².